The van der Waals surface area contributed by atoms with Gasteiger partial charge in [-0.2, -0.15) is 0 Å². The molecule has 2 heterocycles. The predicted molar refractivity (Wildman–Crippen MR) is 92.8 cm³/mol. The normalized spacial score (nSPS) is 18.9. The second-order valence-corrected chi connectivity index (χ2v) is 6.32. The lowest BCUT2D eigenvalue weighted by molar-refractivity contribution is -0.140. The Morgan fingerprint density at radius 3 is 2.64 bits per heavy atom. The maximum atomic E-state index is 12.3. The monoisotopic (exact) mass is 344 g/mol. The quantitative estimate of drug-likeness (QED) is 0.818. The molecule has 0 spiro atoms. The molecule has 6 nitrogen and oxygen atoms in total. The lowest BCUT2D eigenvalue weighted by Crippen LogP contribution is -2.31. The number of nitrogens with zero attached hydrogens (tertiary/aromatic N) is 2. The molecule has 0 unspecified atom stereocenters. The van der Waals surface area contributed by atoms with Gasteiger partial charge in [0, 0.05) is 19.6 Å². The summed E-state index contributed by atoms with van der Waals surface area (Å²) in [5.74, 6) is -0.989. The minimum Gasteiger partial charge on any atom is -0.493 e. The number of hydrogen-bond donors (Lipinski definition) is 2. The average Bonchev–Trinajstić information content (AvgIpc) is 2.80. The Bertz CT molecular complexity index is 697. The molecule has 0 radical (unpaired) electrons. The van der Waals surface area contributed by atoms with E-state index >= 15 is 0 Å². The first kappa shape index (κ1) is 17.5. The zero-order valence-corrected chi connectivity index (χ0v) is 14.4. The molecule has 0 atom stereocenters. The maximum absolute atomic E-state index is 12.3. The van der Waals surface area contributed by atoms with Crippen LogP contribution in [0.3, 0.4) is 0 Å². The summed E-state index contributed by atoms with van der Waals surface area (Å²) in [5, 5.41) is 20.9. The largest absolute Gasteiger partial charge is 0.493 e. The van der Waals surface area contributed by atoms with Crippen LogP contribution >= 0.6 is 0 Å². The summed E-state index contributed by atoms with van der Waals surface area (Å²) in [6, 6.07) is 10.3. The Morgan fingerprint density at radius 1 is 1.20 bits per heavy atom. The number of hydroxylamine groups is 2. The van der Waals surface area contributed by atoms with Gasteiger partial charge in [0.15, 0.2) is 0 Å². The molecule has 1 aromatic carbocycles. The van der Waals surface area contributed by atoms with Crippen LogP contribution in [0.25, 0.3) is 0 Å². The van der Waals surface area contributed by atoms with Gasteiger partial charge in [0.2, 0.25) is 5.88 Å². The number of rotatable bonds is 4. The molecule has 0 saturated heterocycles. The third-order valence-corrected chi connectivity index (χ3v) is 4.67. The van der Waals surface area contributed by atoms with Crippen molar-refractivity contribution in [3.63, 3.8) is 0 Å². The van der Waals surface area contributed by atoms with Crippen LogP contribution in [-0.2, 0) is 16.1 Å². The second-order valence-electron chi connectivity index (χ2n) is 6.32. The summed E-state index contributed by atoms with van der Waals surface area (Å²) >= 11 is 0. The first-order chi connectivity index (χ1) is 12.1. The number of esters is 1. The molecular weight excluding hydrogens is 320 g/mol. The van der Waals surface area contributed by atoms with Crippen molar-refractivity contribution in [2.75, 3.05) is 26.2 Å². The minimum atomic E-state index is -0.581. The number of benzene rings is 1. The lowest BCUT2D eigenvalue weighted by atomic mass is 9.93. The number of ether oxygens (including phenoxy) is 1. The van der Waals surface area contributed by atoms with E-state index in [0.29, 0.717) is 6.42 Å². The highest BCUT2D eigenvalue weighted by Gasteiger charge is 2.33. The third-order valence-electron chi connectivity index (χ3n) is 4.67. The highest BCUT2D eigenvalue weighted by atomic mass is 16.5. The molecule has 25 heavy (non-hydrogen) atoms. The Labute approximate surface area is 147 Å². The first-order valence-electron chi connectivity index (χ1n) is 8.64. The molecule has 0 saturated carbocycles. The van der Waals surface area contributed by atoms with Gasteiger partial charge in [-0.15, -0.1) is 0 Å². The number of carbonyl (C=O) groups excluding carboxylic acids is 1. The van der Waals surface area contributed by atoms with Crippen LogP contribution in [0.2, 0.25) is 0 Å². The van der Waals surface area contributed by atoms with Crippen molar-refractivity contribution in [3.05, 3.63) is 58.5 Å². The van der Waals surface area contributed by atoms with Gasteiger partial charge in [-0.05, 0) is 36.5 Å². The van der Waals surface area contributed by atoms with E-state index in [0.717, 1.165) is 42.3 Å². The Morgan fingerprint density at radius 2 is 1.92 bits per heavy atom. The van der Waals surface area contributed by atoms with Crippen molar-refractivity contribution in [1.29, 1.82) is 0 Å². The van der Waals surface area contributed by atoms with E-state index in [1.165, 1.54) is 5.56 Å². The SMILES string of the molecule is CCOC(=O)C1=C(O)N(O)CC2=C1CCN(Cc1ccccc1)CC2. The predicted octanol–water partition coefficient (Wildman–Crippen LogP) is 2.62. The average molecular weight is 344 g/mol. The molecule has 134 valence electrons. The molecular formula is C19H24N2O4. The zero-order chi connectivity index (χ0) is 17.8. The second kappa shape index (κ2) is 7.72. The van der Waals surface area contributed by atoms with Crippen LogP contribution < -0.4 is 0 Å². The van der Waals surface area contributed by atoms with E-state index in [1.54, 1.807) is 6.92 Å². The van der Waals surface area contributed by atoms with Crippen LogP contribution in [0.4, 0.5) is 0 Å². The fourth-order valence-electron chi connectivity index (χ4n) is 3.42. The number of aliphatic hydroxyl groups excluding tert-OH is 1. The van der Waals surface area contributed by atoms with Crippen LogP contribution in [0, 0.1) is 0 Å². The maximum Gasteiger partial charge on any atom is 0.343 e. The van der Waals surface area contributed by atoms with Gasteiger partial charge in [-0.25, -0.2) is 9.86 Å². The van der Waals surface area contributed by atoms with E-state index in [1.807, 2.05) is 18.2 Å². The van der Waals surface area contributed by atoms with Crippen molar-refractivity contribution in [3.8, 4) is 0 Å². The molecule has 0 aliphatic carbocycles. The molecule has 0 aromatic heterocycles. The van der Waals surface area contributed by atoms with E-state index in [9.17, 15) is 15.1 Å². The molecule has 0 fully saturated rings. The fraction of sp³-hybridized carbons (Fsp3) is 0.421. The van der Waals surface area contributed by atoms with Crippen molar-refractivity contribution in [2.24, 2.45) is 0 Å². The number of aliphatic hydroxyl groups is 1. The summed E-state index contributed by atoms with van der Waals surface area (Å²) < 4.78 is 5.07. The first-order valence-corrected chi connectivity index (χ1v) is 8.64. The third kappa shape index (κ3) is 3.86. The Balaban J connectivity index is 1.78. The van der Waals surface area contributed by atoms with Crippen molar-refractivity contribution < 1.29 is 19.8 Å². The number of carbonyl (C=O) groups is 1. The van der Waals surface area contributed by atoms with Gasteiger partial charge in [0.05, 0.1) is 13.2 Å². The van der Waals surface area contributed by atoms with E-state index < -0.39 is 11.9 Å². The molecule has 3 rings (SSSR count). The number of hydrogen-bond acceptors (Lipinski definition) is 6. The standard InChI is InChI=1S/C19H24N2O4/c1-2-25-19(23)17-16-9-11-20(12-14-6-4-3-5-7-14)10-8-15(16)13-21(24)18(17)22/h3-7,22,24H,2,8-13H2,1H3. The van der Waals surface area contributed by atoms with Gasteiger partial charge in [-0.1, -0.05) is 30.3 Å². The van der Waals surface area contributed by atoms with Gasteiger partial charge in [-0.3, -0.25) is 10.1 Å². The topological polar surface area (TPSA) is 73.2 Å². The van der Waals surface area contributed by atoms with Gasteiger partial charge >= 0.3 is 5.97 Å². The lowest BCUT2D eigenvalue weighted by Gasteiger charge is -2.27. The molecule has 0 bridgehead atoms. The highest BCUT2D eigenvalue weighted by molar-refractivity contribution is 5.94. The van der Waals surface area contributed by atoms with Gasteiger partial charge in [0.1, 0.15) is 5.57 Å². The highest BCUT2D eigenvalue weighted by Crippen LogP contribution is 2.33. The van der Waals surface area contributed by atoms with E-state index in [4.69, 9.17) is 4.74 Å². The van der Waals surface area contributed by atoms with E-state index in [-0.39, 0.29) is 18.7 Å². The van der Waals surface area contributed by atoms with Crippen LogP contribution in [-0.4, -0.2) is 52.5 Å². The van der Waals surface area contributed by atoms with E-state index in [2.05, 4.69) is 17.0 Å². The molecule has 6 heteroatoms. The van der Waals surface area contributed by atoms with Crippen LogP contribution in [0.5, 0.6) is 0 Å². The smallest absolute Gasteiger partial charge is 0.343 e. The van der Waals surface area contributed by atoms with Crippen LogP contribution in [0.1, 0.15) is 25.3 Å². The zero-order valence-electron chi connectivity index (χ0n) is 14.4. The summed E-state index contributed by atoms with van der Waals surface area (Å²) in [5.41, 5.74) is 3.15. The van der Waals surface area contributed by atoms with Gasteiger partial charge in [0.25, 0.3) is 0 Å². The fourth-order valence-corrected chi connectivity index (χ4v) is 3.42. The summed E-state index contributed by atoms with van der Waals surface area (Å²) in [4.78, 5) is 14.6. The van der Waals surface area contributed by atoms with Crippen molar-refractivity contribution in [2.45, 2.75) is 26.3 Å². The Hall–Kier alpha value is -2.31. The summed E-state index contributed by atoms with van der Waals surface area (Å²) in [6.07, 6.45) is 1.39. The van der Waals surface area contributed by atoms with Crippen LogP contribution in [0.15, 0.2) is 52.9 Å². The summed E-state index contributed by atoms with van der Waals surface area (Å²) in [7, 11) is 0. The molecule has 2 aliphatic heterocycles. The molecule has 2 N–H and O–H groups in total. The molecule has 1 aromatic rings. The summed E-state index contributed by atoms with van der Waals surface area (Å²) in [6.45, 7) is 4.65. The molecule has 2 aliphatic rings. The van der Waals surface area contributed by atoms with Gasteiger partial charge < -0.3 is 9.84 Å². The Kier molecular flexibility index (Phi) is 5.40. The van der Waals surface area contributed by atoms with Crippen molar-refractivity contribution >= 4 is 5.97 Å². The molecule has 0 amide bonds. The van der Waals surface area contributed by atoms with Crippen molar-refractivity contribution in [1.82, 2.24) is 9.96 Å². The minimum absolute atomic E-state index is 0.104.